The van der Waals surface area contributed by atoms with Crippen LogP contribution >= 0.6 is 0 Å². The molecule has 0 unspecified atom stereocenters. The van der Waals surface area contributed by atoms with Crippen molar-refractivity contribution in [3.8, 4) is 0 Å². The number of allylic oxidation sites excluding steroid dienone is 5. The van der Waals surface area contributed by atoms with Gasteiger partial charge < -0.3 is 4.90 Å². The van der Waals surface area contributed by atoms with Crippen molar-refractivity contribution in [1.82, 2.24) is 0 Å². The Morgan fingerprint density at radius 2 is 1.82 bits per heavy atom. The summed E-state index contributed by atoms with van der Waals surface area (Å²) in [7, 11) is 0. The van der Waals surface area contributed by atoms with Crippen LogP contribution in [-0.4, -0.2) is 19.4 Å². The van der Waals surface area contributed by atoms with E-state index >= 15 is 0 Å². The van der Waals surface area contributed by atoms with E-state index in [1.54, 1.807) is 0 Å². The smallest absolute Gasteiger partial charge is 0.150 e. The highest BCUT2D eigenvalue weighted by Gasteiger charge is 2.25. The van der Waals surface area contributed by atoms with Crippen molar-refractivity contribution in [2.45, 2.75) is 33.6 Å². The molecule has 0 fully saturated rings. The van der Waals surface area contributed by atoms with Crippen molar-refractivity contribution in [2.75, 3.05) is 18.0 Å². The van der Waals surface area contributed by atoms with Crippen LogP contribution in [0.3, 0.4) is 0 Å². The van der Waals surface area contributed by atoms with Crippen molar-refractivity contribution in [2.24, 2.45) is 0 Å². The average molecular weight is 370 g/mol. The fourth-order valence-corrected chi connectivity index (χ4v) is 4.43. The van der Waals surface area contributed by atoms with Gasteiger partial charge in [0.15, 0.2) is 6.29 Å². The highest BCUT2D eigenvalue weighted by molar-refractivity contribution is 5.96. The molecule has 28 heavy (non-hydrogen) atoms. The zero-order valence-electron chi connectivity index (χ0n) is 17.0. The van der Waals surface area contributed by atoms with Gasteiger partial charge in [0.05, 0.1) is 0 Å². The summed E-state index contributed by atoms with van der Waals surface area (Å²) < 4.78 is 0. The number of benzene rings is 2. The number of hydrogen-bond donors (Lipinski definition) is 0. The number of rotatable bonds is 5. The maximum Gasteiger partial charge on any atom is 0.150 e. The van der Waals surface area contributed by atoms with Gasteiger partial charge in [-0.15, -0.1) is 0 Å². The molecule has 0 spiro atoms. The molecule has 4 rings (SSSR count). The zero-order valence-corrected chi connectivity index (χ0v) is 17.0. The Bertz CT molecular complexity index is 1020. The summed E-state index contributed by atoms with van der Waals surface area (Å²) in [6.45, 7) is 8.43. The lowest BCUT2D eigenvalue weighted by Crippen LogP contribution is -2.22. The summed E-state index contributed by atoms with van der Waals surface area (Å²) in [6, 6.07) is 13.0. The van der Waals surface area contributed by atoms with Crippen LogP contribution in [0.1, 0.15) is 52.9 Å². The van der Waals surface area contributed by atoms with E-state index in [1.807, 2.05) is 13.0 Å². The lowest BCUT2D eigenvalue weighted by Gasteiger charge is -2.29. The van der Waals surface area contributed by atoms with Crippen molar-refractivity contribution in [3.63, 3.8) is 0 Å². The largest absolute Gasteiger partial charge is 0.372 e. The van der Waals surface area contributed by atoms with Crippen LogP contribution in [0.2, 0.25) is 0 Å². The topological polar surface area (TPSA) is 20.3 Å². The summed E-state index contributed by atoms with van der Waals surface area (Å²) in [5.41, 5.74) is 10.6. The van der Waals surface area contributed by atoms with Gasteiger partial charge >= 0.3 is 0 Å². The molecule has 0 atom stereocenters. The van der Waals surface area contributed by atoms with E-state index in [1.165, 1.54) is 33.5 Å². The van der Waals surface area contributed by atoms with E-state index in [9.17, 15) is 4.79 Å². The molecule has 0 amide bonds. The van der Waals surface area contributed by atoms with Crippen molar-refractivity contribution < 1.29 is 4.79 Å². The maximum atomic E-state index is 11.9. The molecule has 0 saturated heterocycles. The Labute approximate surface area is 167 Å². The number of aldehydes is 1. The Kier molecular flexibility index (Phi) is 5.04. The van der Waals surface area contributed by atoms with Crippen LogP contribution in [0.4, 0.5) is 5.69 Å². The first kappa shape index (κ1) is 18.5. The zero-order chi connectivity index (χ0) is 19.7. The summed E-state index contributed by atoms with van der Waals surface area (Å²) in [4.78, 5) is 14.2. The number of nitrogens with zero attached hydrogens (tertiary/aromatic N) is 1. The number of fused-ring (bicyclic) bond motifs is 2. The molecular formula is C26H27NO. The third kappa shape index (κ3) is 3.13. The van der Waals surface area contributed by atoms with E-state index in [-0.39, 0.29) is 0 Å². The molecule has 2 aromatic carbocycles. The highest BCUT2D eigenvalue weighted by Crippen LogP contribution is 2.42. The molecule has 0 bridgehead atoms. The first-order valence-corrected chi connectivity index (χ1v) is 10.2. The number of carbonyl (C=O) groups is 1. The van der Waals surface area contributed by atoms with E-state index < -0.39 is 0 Å². The van der Waals surface area contributed by atoms with Crippen LogP contribution in [0.5, 0.6) is 0 Å². The van der Waals surface area contributed by atoms with Crippen molar-refractivity contribution in [1.29, 1.82) is 0 Å². The predicted molar refractivity (Wildman–Crippen MR) is 118 cm³/mol. The minimum atomic E-state index is 0.765. The third-order valence-corrected chi connectivity index (χ3v) is 5.87. The Balaban J connectivity index is 1.95. The second kappa shape index (κ2) is 7.63. The highest BCUT2D eigenvalue weighted by atomic mass is 16.1. The van der Waals surface area contributed by atoms with Gasteiger partial charge in [-0.05, 0) is 85.2 Å². The van der Waals surface area contributed by atoms with Gasteiger partial charge in [0.2, 0.25) is 0 Å². The minimum absolute atomic E-state index is 0.765. The molecule has 142 valence electrons. The standard InChI is InChI=1S/C26H27NO/c1-4-27(5-2)22-11-13-24-20(16-22)15-19-8-6-7-9-23(19)26(24)25-12-10-18(3)14-21(25)17-28/h7-14,16-17H,4-6,15H2,1-3H3. The Morgan fingerprint density at radius 3 is 2.57 bits per heavy atom. The number of hydrogen-bond acceptors (Lipinski definition) is 2. The monoisotopic (exact) mass is 369 g/mol. The second-order valence-electron chi connectivity index (χ2n) is 7.56. The second-order valence-corrected chi connectivity index (χ2v) is 7.56. The molecular weight excluding hydrogens is 342 g/mol. The molecule has 2 aliphatic carbocycles. The van der Waals surface area contributed by atoms with E-state index in [0.29, 0.717) is 0 Å². The normalized spacial score (nSPS) is 15.0. The fraction of sp³-hybridized carbons (Fsp3) is 0.269. The van der Waals surface area contributed by atoms with Gasteiger partial charge in [0, 0.05) is 24.3 Å². The van der Waals surface area contributed by atoms with Gasteiger partial charge in [0.25, 0.3) is 0 Å². The predicted octanol–water partition coefficient (Wildman–Crippen LogP) is 5.90. The fourth-order valence-electron chi connectivity index (χ4n) is 4.43. The first-order valence-electron chi connectivity index (χ1n) is 10.2. The van der Waals surface area contributed by atoms with Gasteiger partial charge in [-0.2, -0.15) is 0 Å². The molecule has 0 saturated carbocycles. The molecule has 2 aliphatic rings. The van der Waals surface area contributed by atoms with Crippen molar-refractivity contribution in [3.05, 3.63) is 93.6 Å². The Morgan fingerprint density at radius 1 is 1.04 bits per heavy atom. The summed E-state index contributed by atoms with van der Waals surface area (Å²) in [6.07, 6.45) is 9.70. The molecule has 0 N–H and O–H groups in total. The van der Waals surface area contributed by atoms with Gasteiger partial charge in [-0.3, -0.25) is 4.79 Å². The van der Waals surface area contributed by atoms with Crippen LogP contribution < -0.4 is 4.90 Å². The molecule has 0 heterocycles. The van der Waals surface area contributed by atoms with E-state index in [2.05, 4.69) is 67.3 Å². The van der Waals surface area contributed by atoms with Crippen LogP contribution in [-0.2, 0) is 6.42 Å². The SMILES string of the molecule is CCN(CC)c1ccc2c(c1)CC1=CCC=CC1=C2c1ccc(C)cc1C=O. The number of aryl methyl sites for hydroxylation is 1. The summed E-state index contributed by atoms with van der Waals surface area (Å²) in [5.74, 6) is 0. The molecule has 0 aromatic heterocycles. The quantitative estimate of drug-likeness (QED) is 0.612. The van der Waals surface area contributed by atoms with Crippen LogP contribution in [0.15, 0.2) is 65.8 Å². The third-order valence-electron chi connectivity index (χ3n) is 5.87. The maximum absolute atomic E-state index is 11.9. The number of anilines is 1. The molecule has 2 heteroatoms. The molecule has 0 radical (unpaired) electrons. The average Bonchev–Trinajstić information content (AvgIpc) is 2.73. The van der Waals surface area contributed by atoms with Crippen LogP contribution in [0.25, 0.3) is 5.57 Å². The molecule has 2 aromatic rings. The van der Waals surface area contributed by atoms with Gasteiger partial charge in [-0.25, -0.2) is 0 Å². The van der Waals surface area contributed by atoms with E-state index in [4.69, 9.17) is 0 Å². The number of carbonyl (C=O) groups excluding carboxylic acids is 1. The lowest BCUT2D eigenvalue weighted by atomic mass is 9.76. The van der Waals surface area contributed by atoms with Gasteiger partial charge in [0.1, 0.15) is 0 Å². The van der Waals surface area contributed by atoms with E-state index in [0.717, 1.165) is 48.9 Å². The Hall–Kier alpha value is -2.87. The first-order chi connectivity index (χ1) is 13.7. The molecule has 2 nitrogen and oxygen atoms in total. The summed E-state index contributed by atoms with van der Waals surface area (Å²) >= 11 is 0. The minimum Gasteiger partial charge on any atom is -0.372 e. The van der Waals surface area contributed by atoms with Gasteiger partial charge in [-0.1, -0.05) is 42.0 Å². The van der Waals surface area contributed by atoms with Crippen molar-refractivity contribution >= 4 is 17.5 Å². The lowest BCUT2D eigenvalue weighted by molar-refractivity contribution is 0.112. The molecule has 0 aliphatic heterocycles. The van der Waals surface area contributed by atoms with Crippen LogP contribution in [0, 0.1) is 6.92 Å². The summed E-state index contributed by atoms with van der Waals surface area (Å²) in [5, 5.41) is 0.